The number of benzene rings is 2. The van der Waals surface area contributed by atoms with Gasteiger partial charge in [-0.1, -0.05) is 67.6 Å². The van der Waals surface area contributed by atoms with Gasteiger partial charge in [0.15, 0.2) is 0 Å². The summed E-state index contributed by atoms with van der Waals surface area (Å²) >= 11 is 0. The van der Waals surface area contributed by atoms with Gasteiger partial charge in [0.25, 0.3) is 0 Å². The summed E-state index contributed by atoms with van der Waals surface area (Å²) in [5.74, 6) is 2.53. The molecule has 1 saturated heterocycles. The molecule has 2 heteroatoms. The number of nitrogens with zero attached hydrogens (tertiary/aromatic N) is 2. The maximum atomic E-state index is 4.68. The van der Waals surface area contributed by atoms with E-state index in [-0.39, 0.29) is 0 Å². The molecule has 0 amide bonds. The highest BCUT2D eigenvalue weighted by atomic mass is 15.2. The molecule has 2 heterocycles. The zero-order valence-corrected chi connectivity index (χ0v) is 15.6. The van der Waals surface area contributed by atoms with Crippen LogP contribution < -0.4 is 0 Å². The number of aliphatic imine (C=N–C) groups is 1. The molecule has 2 fully saturated rings. The first kappa shape index (κ1) is 16.3. The van der Waals surface area contributed by atoms with Gasteiger partial charge >= 0.3 is 0 Å². The van der Waals surface area contributed by atoms with Crippen LogP contribution in [0.4, 0.5) is 0 Å². The second-order valence-electron chi connectivity index (χ2n) is 8.76. The van der Waals surface area contributed by atoms with Crippen LogP contribution in [-0.2, 0) is 0 Å². The van der Waals surface area contributed by atoms with Crippen LogP contribution in [0.15, 0.2) is 65.7 Å². The Labute approximate surface area is 157 Å². The van der Waals surface area contributed by atoms with Crippen molar-refractivity contribution in [3.63, 3.8) is 0 Å². The first-order valence-corrected chi connectivity index (χ1v) is 10.1. The van der Waals surface area contributed by atoms with Gasteiger partial charge in [-0.3, -0.25) is 9.89 Å². The molecule has 3 unspecified atom stereocenters. The predicted octanol–water partition coefficient (Wildman–Crippen LogP) is 4.82. The number of hydrogen-bond donors (Lipinski definition) is 0. The van der Waals surface area contributed by atoms with Crippen molar-refractivity contribution < 1.29 is 0 Å². The average molecular weight is 345 g/mol. The minimum absolute atomic E-state index is 0.389. The lowest BCUT2D eigenvalue weighted by atomic mass is 9.81. The lowest BCUT2D eigenvalue weighted by Crippen LogP contribution is -2.49. The third-order valence-corrected chi connectivity index (χ3v) is 6.86. The topological polar surface area (TPSA) is 15.6 Å². The summed E-state index contributed by atoms with van der Waals surface area (Å²) in [5, 5.41) is 0. The van der Waals surface area contributed by atoms with Gasteiger partial charge in [0.05, 0.1) is 6.04 Å². The molecule has 2 aromatic carbocycles. The largest absolute Gasteiger partial charge is 0.297 e. The molecule has 26 heavy (non-hydrogen) atoms. The van der Waals surface area contributed by atoms with E-state index in [1.807, 2.05) is 0 Å². The fourth-order valence-electron chi connectivity index (χ4n) is 5.45. The molecule has 2 nitrogen and oxygen atoms in total. The first-order valence-electron chi connectivity index (χ1n) is 10.1. The number of rotatable bonds is 5. The van der Waals surface area contributed by atoms with Gasteiger partial charge in [-0.2, -0.15) is 0 Å². The summed E-state index contributed by atoms with van der Waals surface area (Å²) in [6.45, 7) is 5.86. The van der Waals surface area contributed by atoms with E-state index in [1.54, 1.807) is 0 Å². The lowest BCUT2D eigenvalue weighted by Gasteiger charge is -2.46. The van der Waals surface area contributed by atoms with Crippen molar-refractivity contribution in [3.05, 3.63) is 71.8 Å². The van der Waals surface area contributed by atoms with E-state index in [4.69, 9.17) is 0 Å². The van der Waals surface area contributed by atoms with Crippen molar-refractivity contribution >= 4 is 6.21 Å². The molecule has 2 aliphatic heterocycles. The van der Waals surface area contributed by atoms with Crippen LogP contribution in [0, 0.1) is 23.2 Å². The molecule has 3 aliphatic rings. The van der Waals surface area contributed by atoms with Crippen LogP contribution in [0.25, 0.3) is 0 Å². The number of hydrogen-bond acceptors (Lipinski definition) is 2. The molecule has 134 valence electrons. The minimum Gasteiger partial charge on any atom is -0.297 e. The summed E-state index contributed by atoms with van der Waals surface area (Å²) in [7, 11) is 0. The van der Waals surface area contributed by atoms with Gasteiger partial charge in [-0.15, -0.1) is 0 Å². The van der Waals surface area contributed by atoms with Crippen molar-refractivity contribution in [1.29, 1.82) is 0 Å². The van der Waals surface area contributed by atoms with E-state index in [0.29, 0.717) is 11.5 Å². The third kappa shape index (κ3) is 2.81. The maximum absolute atomic E-state index is 4.68. The SMILES string of the molecule is CC1CN=CC2(CC3CN(C(c4ccccc4)c4ccccc4)C3)CC12. The highest BCUT2D eigenvalue weighted by Gasteiger charge is 2.58. The fraction of sp³-hybridized carbons (Fsp3) is 0.458. The average Bonchev–Trinajstić information content (AvgIpc) is 3.38. The second kappa shape index (κ2) is 6.35. The first-order chi connectivity index (χ1) is 12.8. The molecule has 1 aliphatic carbocycles. The van der Waals surface area contributed by atoms with Crippen LogP contribution in [0.3, 0.4) is 0 Å². The highest BCUT2D eigenvalue weighted by molar-refractivity contribution is 5.71. The van der Waals surface area contributed by atoms with Gasteiger partial charge in [0.1, 0.15) is 0 Å². The molecule has 1 saturated carbocycles. The second-order valence-corrected chi connectivity index (χ2v) is 8.76. The minimum atomic E-state index is 0.389. The summed E-state index contributed by atoms with van der Waals surface area (Å²) in [5.41, 5.74) is 3.28. The fourth-order valence-corrected chi connectivity index (χ4v) is 5.45. The zero-order valence-electron chi connectivity index (χ0n) is 15.6. The molecule has 5 rings (SSSR count). The van der Waals surface area contributed by atoms with E-state index in [1.165, 1.54) is 37.1 Å². The summed E-state index contributed by atoms with van der Waals surface area (Å²) in [4.78, 5) is 7.33. The van der Waals surface area contributed by atoms with Gasteiger partial charge < -0.3 is 0 Å². The van der Waals surface area contributed by atoms with E-state index in [2.05, 4.69) is 83.7 Å². The zero-order chi connectivity index (χ0) is 17.6. The van der Waals surface area contributed by atoms with Gasteiger partial charge in [0.2, 0.25) is 0 Å². The van der Waals surface area contributed by atoms with Gasteiger partial charge in [-0.05, 0) is 41.7 Å². The monoisotopic (exact) mass is 344 g/mol. The molecular formula is C24H28N2. The van der Waals surface area contributed by atoms with Crippen molar-refractivity contribution in [2.45, 2.75) is 25.8 Å². The van der Waals surface area contributed by atoms with Crippen LogP contribution in [-0.4, -0.2) is 30.7 Å². The Morgan fingerprint density at radius 1 is 1.00 bits per heavy atom. The Bertz CT molecular complexity index is 739. The smallest absolute Gasteiger partial charge is 0.0602 e. The summed E-state index contributed by atoms with van der Waals surface area (Å²) in [6, 6.07) is 22.4. The van der Waals surface area contributed by atoms with Crippen molar-refractivity contribution in [1.82, 2.24) is 4.90 Å². The Morgan fingerprint density at radius 2 is 1.62 bits per heavy atom. The normalized spacial score (nSPS) is 30.8. The summed E-state index contributed by atoms with van der Waals surface area (Å²) < 4.78 is 0. The Morgan fingerprint density at radius 3 is 2.23 bits per heavy atom. The van der Waals surface area contributed by atoms with Gasteiger partial charge in [0, 0.05) is 31.3 Å². The molecule has 0 aromatic heterocycles. The Balaban J connectivity index is 1.30. The van der Waals surface area contributed by atoms with Crippen LogP contribution in [0.1, 0.15) is 36.9 Å². The maximum Gasteiger partial charge on any atom is 0.0602 e. The lowest BCUT2D eigenvalue weighted by molar-refractivity contribution is 0.0541. The van der Waals surface area contributed by atoms with Crippen LogP contribution >= 0.6 is 0 Å². The molecule has 2 aromatic rings. The molecule has 0 bridgehead atoms. The molecule has 0 N–H and O–H groups in total. The summed E-state index contributed by atoms with van der Waals surface area (Å²) in [6.07, 6.45) is 5.06. The molecular weight excluding hydrogens is 316 g/mol. The third-order valence-electron chi connectivity index (χ3n) is 6.86. The Kier molecular flexibility index (Phi) is 3.97. The number of fused-ring (bicyclic) bond motifs is 1. The molecule has 0 radical (unpaired) electrons. The van der Waals surface area contributed by atoms with Crippen LogP contribution in [0.2, 0.25) is 0 Å². The standard InChI is InChI=1S/C24H28N2/c1-18-14-25-17-24(13-22(18)24)12-19-15-26(16-19)23(20-8-4-2-5-9-20)21-10-6-3-7-11-21/h2-11,17-19,22-23H,12-16H2,1H3. The van der Waals surface area contributed by atoms with Gasteiger partial charge in [-0.25, -0.2) is 0 Å². The van der Waals surface area contributed by atoms with Crippen molar-refractivity contribution in [3.8, 4) is 0 Å². The van der Waals surface area contributed by atoms with Crippen molar-refractivity contribution in [2.75, 3.05) is 19.6 Å². The Hall–Kier alpha value is -1.93. The number of likely N-dealkylation sites (tertiary alicyclic amines) is 1. The van der Waals surface area contributed by atoms with E-state index in [9.17, 15) is 0 Å². The quantitative estimate of drug-likeness (QED) is 0.759. The highest BCUT2D eigenvalue weighted by Crippen LogP contribution is 2.61. The molecule has 0 spiro atoms. The van der Waals surface area contributed by atoms with Crippen molar-refractivity contribution in [2.24, 2.45) is 28.2 Å². The molecule has 3 atom stereocenters. The van der Waals surface area contributed by atoms with Crippen LogP contribution in [0.5, 0.6) is 0 Å². The van der Waals surface area contributed by atoms with E-state index >= 15 is 0 Å². The van der Waals surface area contributed by atoms with E-state index in [0.717, 1.165) is 24.3 Å². The van der Waals surface area contributed by atoms with E-state index < -0.39 is 0 Å². The predicted molar refractivity (Wildman–Crippen MR) is 107 cm³/mol.